The summed E-state index contributed by atoms with van der Waals surface area (Å²) >= 11 is 0. The van der Waals surface area contributed by atoms with E-state index in [1.807, 2.05) is 19.1 Å². The molecule has 1 fully saturated rings. The molecule has 4 nitrogen and oxygen atoms in total. The minimum absolute atomic E-state index is 0.242. The van der Waals surface area contributed by atoms with Gasteiger partial charge in [-0.05, 0) is 31.9 Å². The molecule has 1 aliphatic heterocycles. The van der Waals surface area contributed by atoms with Gasteiger partial charge in [-0.3, -0.25) is 4.90 Å². The molecule has 1 saturated heterocycles. The van der Waals surface area contributed by atoms with Crippen LogP contribution >= 0.6 is 0 Å². The van der Waals surface area contributed by atoms with E-state index in [2.05, 4.69) is 4.90 Å². The van der Waals surface area contributed by atoms with Crippen molar-refractivity contribution >= 4 is 0 Å². The van der Waals surface area contributed by atoms with Crippen LogP contribution in [-0.4, -0.2) is 41.4 Å². The summed E-state index contributed by atoms with van der Waals surface area (Å²) in [6, 6.07) is 5.60. The molecule has 4 heteroatoms. The average Bonchev–Trinajstić information content (AvgIpc) is 2.82. The fourth-order valence-corrected chi connectivity index (χ4v) is 2.41. The SMILES string of the molecule is CCOc1cccc(CN2CCC(CO)C2)c1O. The van der Waals surface area contributed by atoms with Gasteiger partial charge in [-0.1, -0.05) is 12.1 Å². The van der Waals surface area contributed by atoms with Gasteiger partial charge in [0, 0.05) is 25.3 Å². The number of rotatable bonds is 5. The Bertz CT molecular complexity index is 395. The monoisotopic (exact) mass is 251 g/mol. The van der Waals surface area contributed by atoms with Crippen LogP contribution in [0.5, 0.6) is 11.5 Å². The largest absolute Gasteiger partial charge is 0.504 e. The van der Waals surface area contributed by atoms with Crippen LogP contribution in [0.3, 0.4) is 0 Å². The van der Waals surface area contributed by atoms with Crippen LogP contribution in [0.15, 0.2) is 18.2 Å². The van der Waals surface area contributed by atoms with Crippen LogP contribution in [0.1, 0.15) is 18.9 Å². The molecule has 2 N–H and O–H groups in total. The Kier molecular flexibility index (Phi) is 4.44. The Morgan fingerprint density at radius 2 is 2.28 bits per heavy atom. The van der Waals surface area contributed by atoms with Crippen molar-refractivity contribution in [1.29, 1.82) is 0 Å². The van der Waals surface area contributed by atoms with Gasteiger partial charge in [0.2, 0.25) is 0 Å². The lowest BCUT2D eigenvalue weighted by Gasteiger charge is -2.17. The molecule has 0 aliphatic carbocycles. The second-order valence-corrected chi connectivity index (χ2v) is 4.77. The predicted molar refractivity (Wildman–Crippen MR) is 69.7 cm³/mol. The second-order valence-electron chi connectivity index (χ2n) is 4.77. The van der Waals surface area contributed by atoms with Crippen LogP contribution in [0.2, 0.25) is 0 Å². The van der Waals surface area contributed by atoms with Crippen molar-refractivity contribution in [3.63, 3.8) is 0 Å². The van der Waals surface area contributed by atoms with E-state index in [4.69, 9.17) is 9.84 Å². The van der Waals surface area contributed by atoms with Crippen LogP contribution in [0, 0.1) is 5.92 Å². The summed E-state index contributed by atoms with van der Waals surface area (Å²) in [6.07, 6.45) is 1.03. The highest BCUT2D eigenvalue weighted by molar-refractivity contribution is 5.45. The van der Waals surface area contributed by atoms with Gasteiger partial charge in [0.1, 0.15) is 0 Å². The fourth-order valence-electron chi connectivity index (χ4n) is 2.41. The molecule has 18 heavy (non-hydrogen) atoms. The Balaban J connectivity index is 2.03. The summed E-state index contributed by atoms with van der Waals surface area (Å²) in [4.78, 5) is 2.26. The zero-order valence-corrected chi connectivity index (χ0v) is 10.8. The van der Waals surface area contributed by atoms with E-state index in [9.17, 15) is 5.11 Å². The number of benzene rings is 1. The molecule has 0 aromatic heterocycles. The molecule has 1 atom stereocenters. The van der Waals surface area contributed by atoms with Gasteiger partial charge in [0.05, 0.1) is 6.61 Å². The maximum atomic E-state index is 10.1. The maximum absolute atomic E-state index is 10.1. The molecule has 1 aliphatic rings. The van der Waals surface area contributed by atoms with Gasteiger partial charge in [-0.2, -0.15) is 0 Å². The van der Waals surface area contributed by atoms with Crippen LogP contribution in [-0.2, 0) is 6.54 Å². The topological polar surface area (TPSA) is 52.9 Å². The first kappa shape index (κ1) is 13.2. The summed E-state index contributed by atoms with van der Waals surface area (Å²) in [5.41, 5.74) is 0.888. The van der Waals surface area contributed by atoms with E-state index >= 15 is 0 Å². The zero-order valence-electron chi connectivity index (χ0n) is 10.8. The van der Waals surface area contributed by atoms with Crippen molar-refractivity contribution in [2.75, 3.05) is 26.3 Å². The van der Waals surface area contributed by atoms with Gasteiger partial charge in [0.15, 0.2) is 11.5 Å². The molecule has 1 aromatic rings. The molecular weight excluding hydrogens is 230 g/mol. The molecule has 0 spiro atoms. The number of aromatic hydroxyl groups is 1. The number of hydrogen-bond donors (Lipinski definition) is 2. The van der Waals surface area contributed by atoms with Crippen molar-refractivity contribution in [3.05, 3.63) is 23.8 Å². The Hall–Kier alpha value is -1.26. The third-order valence-corrected chi connectivity index (χ3v) is 3.40. The van der Waals surface area contributed by atoms with E-state index < -0.39 is 0 Å². The quantitative estimate of drug-likeness (QED) is 0.834. The summed E-state index contributed by atoms with van der Waals surface area (Å²) in [5, 5.41) is 19.2. The van der Waals surface area contributed by atoms with Gasteiger partial charge >= 0.3 is 0 Å². The lowest BCUT2D eigenvalue weighted by Crippen LogP contribution is -2.21. The van der Waals surface area contributed by atoms with Gasteiger partial charge in [-0.25, -0.2) is 0 Å². The predicted octanol–water partition coefficient (Wildman–Crippen LogP) is 1.61. The average molecular weight is 251 g/mol. The molecule has 0 saturated carbocycles. The molecule has 0 radical (unpaired) electrons. The maximum Gasteiger partial charge on any atom is 0.162 e. The first-order chi connectivity index (χ1) is 8.74. The normalized spacial score (nSPS) is 20.2. The van der Waals surface area contributed by atoms with Crippen molar-refractivity contribution in [2.45, 2.75) is 19.9 Å². The lowest BCUT2D eigenvalue weighted by atomic mass is 10.1. The number of nitrogens with zero attached hydrogens (tertiary/aromatic N) is 1. The molecule has 1 unspecified atom stereocenters. The number of para-hydroxylation sites is 1. The minimum Gasteiger partial charge on any atom is -0.504 e. The van der Waals surface area contributed by atoms with E-state index in [0.29, 0.717) is 24.8 Å². The summed E-state index contributed by atoms with van der Waals surface area (Å²) in [7, 11) is 0. The fraction of sp³-hybridized carbons (Fsp3) is 0.571. The number of aliphatic hydroxyl groups is 1. The van der Waals surface area contributed by atoms with Crippen molar-refractivity contribution in [2.24, 2.45) is 5.92 Å². The van der Waals surface area contributed by atoms with Crippen molar-refractivity contribution in [3.8, 4) is 11.5 Å². The number of aliphatic hydroxyl groups excluding tert-OH is 1. The van der Waals surface area contributed by atoms with Crippen LogP contribution in [0.4, 0.5) is 0 Å². The number of ether oxygens (including phenoxy) is 1. The summed E-state index contributed by atoms with van der Waals surface area (Å²) in [5.74, 6) is 1.17. The van der Waals surface area contributed by atoms with E-state index in [0.717, 1.165) is 25.1 Å². The van der Waals surface area contributed by atoms with E-state index in [1.54, 1.807) is 6.07 Å². The molecule has 2 rings (SSSR count). The Morgan fingerprint density at radius 1 is 1.44 bits per heavy atom. The first-order valence-electron chi connectivity index (χ1n) is 6.51. The standard InChI is InChI=1S/C14H21NO3/c1-2-18-13-5-3-4-12(14(13)17)9-15-7-6-11(8-15)10-16/h3-5,11,16-17H,2,6-10H2,1H3. The number of phenols is 1. The highest BCUT2D eigenvalue weighted by atomic mass is 16.5. The number of hydrogen-bond acceptors (Lipinski definition) is 4. The summed E-state index contributed by atoms with van der Waals surface area (Å²) in [6.45, 7) is 5.29. The van der Waals surface area contributed by atoms with E-state index in [-0.39, 0.29) is 12.4 Å². The first-order valence-corrected chi connectivity index (χ1v) is 6.51. The van der Waals surface area contributed by atoms with Crippen LogP contribution < -0.4 is 4.74 Å². The molecule has 1 aromatic carbocycles. The number of phenolic OH excluding ortho intramolecular Hbond substituents is 1. The van der Waals surface area contributed by atoms with Gasteiger partial charge in [0.25, 0.3) is 0 Å². The van der Waals surface area contributed by atoms with Gasteiger partial charge < -0.3 is 14.9 Å². The third-order valence-electron chi connectivity index (χ3n) is 3.40. The molecule has 1 heterocycles. The van der Waals surface area contributed by atoms with Crippen LogP contribution in [0.25, 0.3) is 0 Å². The molecule has 0 bridgehead atoms. The lowest BCUT2D eigenvalue weighted by molar-refractivity contribution is 0.219. The van der Waals surface area contributed by atoms with E-state index in [1.165, 1.54) is 0 Å². The van der Waals surface area contributed by atoms with Crippen molar-refractivity contribution in [1.82, 2.24) is 4.90 Å². The van der Waals surface area contributed by atoms with Crippen molar-refractivity contribution < 1.29 is 14.9 Å². The Labute approximate surface area is 108 Å². The van der Waals surface area contributed by atoms with Gasteiger partial charge in [-0.15, -0.1) is 0 Å². The molecule has 100 valence electrons. The minimum atomic E-state index is 0.242. The number of likely N-dealkylation sites (tertiary alicyclic amines) is 1. The smallest absolute Gasteiger partial charge is 0.162 e. The highest BCUT2D eigenvalue weighted by Gasteiger charge is 2.22. The highest BCUT2D eigenvalue weighted by Crippen LogP contribution is 2.31. The molecule has 0 amide bonds. The summed E-state index contributed by atoms with van der Waals surface area (Å²) < 4.78 is 5.38. The molecular formula is C14H21NO3. The zero-order chi connectivity index (χ0) is 13.0. The second kappa shape index (κ2) is 6.07. The Morgan fingerprint density at radius 3 is 2.94 bits per heavy atom. The third kappa shape index (κ3) is 2.94.